The van der Waals surface area contributed by atoms with E-state index in [2.05, 4.69) is 5.32 Å². The molecule has 1 amide bonds. The number of carbonyl (C=O) groups is 1. The average molecular weight is 456 g/mol. The van der Waals surface area contributed by atoms with Gasteiger partial charge in [-0.1, -0.05) is 24.6 Å². The van der Waals surface area contributed by atoms with E-state index < -0.39 is 27.4 Å². The summed E-state index contributed by atoms with van der Waals surface area (Å²) in [4.78, 5) is 22.9. The molecule has 0 aliphatic rings. The summed E-state index contributed by atoms with van der Waals surface area (Å²) in [6, 6.07) is 8.36. The van der Waals surface area contributed by atoms with Crippen LogP contribution in [0.3, 0.4) is 0 Å². The summed E-state index contributed by atoms with van der Waals surface area (Å²) in [5.41, 5.74) is 0.378. The molecule has 11 heteroatoms. The molecular formula is C19H22ClN3O6S. The number of anilines is 1. The molecule has 0 radical (unpaired) electrons. The van der Waals surface area contributed by atoms with Crippen LogP contribution in [0.15, 0.2) is 41.3 Å². The second-order valence-corrected chi connectivity index (χ2v) is 8.56. The molecule has 2 aromatic carbocycles. The summed E-state index contributed by atoms with van der Waals surface area (Å²) in [6.45, 7) is 4.83. The van der Waals surface area contributed by atoms with Crippen molar-refractivity contribution in [2.24, 2.45) is 0 Å². The highest BCUT2D eigenvalue weighted by Crippen LogP contribution is 2.29. The Hall–Kier alpha value is -2.69. The molecule has 1 N–H and O–H groups in total. The van der Waals surface area contributed by atoms with Gasteiger partial charge in [0.2, 0.25) is 15.9 Å². The fourth-order valence-electron chi connectivity index (χ4n) is 2.74. The van der Waals surface area contributed by atoms with Crippen LogP contribution < -0.4 is 10.1 Å². The van der Waals surface area contributed by atoms with Crippen molar-refractivity contribution in [3.63, 3.8) is 0 Å². The minimum absolute atomic E-state index is 0.0362. The highest BCUT2D eigenvalue weighted by atomic mass is 35.5. The van der Waals surface area contributed by atoms with Gasteiger partial charge in [0, 0.05) is 12.6 Å². The Morgan fingerprint density at radius 2 is 1.97 bits per heavy atom. The normalized spacial score (nSPS) is 11.4. The number of benzene rings is 2. The molecule has 162 valence electrons. The van der Waals surface area contributed by atoms with Crippen LogP contribution in [0.25, 0.3) is 0 Å². The monoisotopic (exact) mass is 455 g/mol. The fraction of sp³-hybridized carbons (Fsp3) is 0.316. The Balaban J connectivity index is 2.22. The van der Waals surface area contributed by atoms with Gasteiger partial charge in [-0.05, 0) is 38.1 Å². The predicted octanol–water partition coefficient (Wildman–Crippen LogP) is 3.60. The first kappa shape index (κ1) is 23.6. The molecule has 0 spiro atoms. The maximum Gasteiger partial charge on any atom is 0.274 e. The van der Waals surface area contributed by atoms with Gasteiger partial charge in [-0.3, -0.25) is 14.9 Å². The molecule has 0 saturated carbocycles. The summed E-state index contributed by atoms with van der Waals surface area (Å²) in [7, 11) is -4.00. The van der Waals surface area contributed by atoms with Crippen molar-refractivity contribution in [1.29, 1.82) is 0 Å². The number of nitro groups is 1. The maximum atomic E-state index is 12.9. The highest BCUT2D eigenvalue weighted by Gasteiger charge is 2.26. The number of amides is 1. The van der Waals surface area contributed by atoms with Crippen LogP contribution in [0.2, 0.25) is 5.02 Å². The van der Waals surface area contributed by atoms with E-state index in [-0.39, 0.29) is 33.4 Å². The van der Waals surface area contributed by atoms with Crippen molar-refractivity contribution >= 4 is 38.9 Å². The van der Waals surface area contributed by atoms with Crippen LogP contribution in [0.1, 0.15) is 19.4 Å². The van der Waals surface area contributed by atoms with Gasteiger partial charge in [0.15, 0.2) is 0 Å². The molecule has 0 aliphatic carbocycles. The zero-order chi connectivity index (χ0) is 22.5. The number of rotatable bonds is 9. The van der Waals surface area contributed by atoms with Gasteiger partial charge < -0.3 is 10.1 Å². The molecule has 2 aromatic rings. The zero-order valence-electron chi connectivity index (χ0n) is 16.7. The Bertz CT molecular complexity index is 1060. The first-order chi connectivity index (χ1) is 14.1. The van der Waals surface area contributed by atoms with E-state index in [9.17, 15) is 23.3 Å². The Morgan fingerprint density at radius 3 is 2.53 bits per heavy atom. The minimum atomic E-state index is -4.00. The highest BCUT2D eigenvalue weighted by molar-refractivity contribution is 7.89. The van der Waals surface area contributed by atoms with Crippen LogP contribution in [0.4, 0.5) is 11.4 Å². The molecule has 0 heterocycles. The Kier molecular flexibility index (Phi) is 7.77. The van der Waals surface area contributed by atoms with E-state index in [1.807, 2.05) is 0 Å². The summed E-state index contributed by atoms with van der Waals surface area (Å²) in [6.07, 6.45) is 0. The molecule has 0 unspecified atom stereocenters. The first-order valence-electron chi connectivity index (χ1n) is 9.08. The van der Waals surface area contributed by atoms with Gasteiger partial charge in [-0.25, -0.2) is 8.42 Å². The third-order valence-electron chi connectivity index (χ3n) is 4.29. The lowest BCUT2D eigenvalue weighted by Gasteiger charge is -2.21. The predicted molar refractivity (Wildman–Crippen MR) is 114 cm³/mol. The number of nitro benzene ring substituents is 1. The third kappa shape index (κ3) is 5.26. The number of sulfonamides is 1. The number of carbonyl (C=O) groups excluding carboxylic acids is 1. The van der Waals surface area contributed by atoms with Gasteiger partial charge in [0.25, 0.3) is 5.69 Å². The van der Waals surface area contributed by atoms with E-state index in [0.717, 1.165) is 4.31 Å². The lowest BCUT2D eigenvalue weighted by atomic mass is 10.1. The number of halogens is 1. The maximum absolute atomic E-state index is 12.9. The van der Waals surface area contributed by atoms with Crippen LogP contribution in [-0.4, -0.2) is 43.2 Å². The fourth-order valence-corrected chi connectivity index (χ4v) is 4.47. The zero-order valence-corrected chi connectivity index (χ0v) is 18.3. The van der Waals surface area contributed by atoms with Crippen molar-refractivity contribution in [3.05, 3.63) is 57.1 Å². The number of nitrogens with one attached hydrogen (secondary N) is 1. The Morgan fingerprint density at radius 1 is 1.27 bits per heavy atom. The first-order valence-corrected chi connectivity index (χ1v) is 10.9. The van der Waals surface area contributed by atoms with Crippen LogP contribution >= 0.6 is 11.6 Å². The largest absolute Gasteiger partial charge is 0.492 e. The van der Waals surface area contributed by atoms with Gasteiger partial charge >= 0.3 is 0 Å². The molecule has 0 aromatic heterocycles. The van der Waals surface area contributed by atoms with Crippen molar-refractivity contribution < 1.29 is 22.9 Å². The van der Waals surface area contributed by atoms with E-state index in [1.54, 1.807) is 13.8 Å². The molecule has 0 atom stereocenters. The molecule has 9 nitrogen and oxygen atoms in total. The molecule has 0 bridgehead atoms. The summed E-state index contributed by atoms with van der Waals surface area (Å²) in [5, 5.41) is 13.7. The minimum Gasteiger partial charge on any atom is -0.492 e. The van der Waals surface area contributed by atoms with Crippen LogP contribution in [0.5, 0.6) is 5.75 Å². The van der Waals surface area contributed by atoms with Gasteiger partial charge in [0.1, 0.15) is 5.75 Å². The van der Waals surface area contributed by atoms with Crippen molar-refractivity contribution in [1.82, 2.24) is 4.31 Å². The number of nitrogens with zero attached hydrogens (tertiary/aromatic N) is 2. The van der Waals surface area contributed by atoms with Crippen molar-refractivity contribution in [2.75, 3.05) is 25.0 Å². The Labute approximate surface area is 179 Å². The quantitative estimate of drug-likeness (QED) is 0.455. The SMILES string of the molecule is CCOc1ccc(S(=O)(=O)N(CC)CC(=O)Nc2cccc([N+](=O)[O-])c2C)cc1Cl. The lowest BCUT2D eigenvalue weighted by Crippen LogP contribution is -2.38. The van der Waals surface area contributed by atoms with E-state index in [4.69, 9.17) is 16.3 Å². The molecule has 2 rings (SSSR count). The second-order valence-electron chi connectivity index (χ2n) is 6.21. The van der Waals surface area contributed by atoms with E-state index >= 15 is 0 Å². The topological polar surface area (TPSA) is 119 Å². The molecule has 0 saturated heterocycles. The molecule has 30 heavy (non-hydrogen) atoms. The van der Waals surface area contributed by atoms with Crippen molar-refractivity contribution in [3.8, 4) is 5.75 Å². The van der Waals surface area contributed by atoms with Gasteiger partial charge in [-0.2, -0.15) is 4.31 Å². The summed E-state index contributed by atoms with van der Waals surface area (Å²) in [5.74, 6) is -0.263. The van der Waals surface area contributed by atoms with Gasteiger partial charge in [0.05, 0.1) is 39.2 Å². The number of ether oxygens (including phenoxy) is 1. The summed E-state index contributed by atoms with van der Waals surface area (Å²) < 4.78 is 32.2. The van der Waals surface area contributed by atoms with Crippen molar-refractivity contribution in [2.45, 2.75) is 25.7 Å². The second kappa shape index (κ2) is 9.88. The molecule has 0 aliphatic heterocycles. The molecular weight excluding hydrogens is 434 g/mol. The number of hydrogen-bond acceptors (Lipinski definition) is 6. The standard InChI is InChI=1S/C19H22ClN3O6S/c1-4-22(30(27,28)14-9-10-18(29-5-2)15(20)11-14)12-19(24)21-16-7-6-8-17(13(16)3)23(25)26/h6-11H,4-5,12H2,1-3H3,(H,21,24). The van der Waals surface area contributed by atoms with E-state index in [1.165, 1.54) is 43.3 Å². The number of hydrogen-bond donors (Lipinski definition) is 1. The van der Waals surface area contributed by atoms with Crippen LogP contribution in [-0.2, 0) is 14.8 Å². The number of likely N-dealkylation sites (N-methyl/N-ethyl adjacent to an activating group) is 1. The van der Waals surface area contributed by atoms with Crippen LogP contribution in [0, 0.1) is 17.0 Å². The van der Waals surface area contributed by atoms with E-state index in [0.29, 0.717) is 12.4 Å². The third-order valence-corrected chi connectivity index (χ3v) is 6.50. The lowest BCUT2D eigenvalue weighted by molar-refractivity contribution is -0.385. The van der Waals surface area contributed by atoms with Gasteiger partial charge in [-0.15, -0.1) is 0 Å². The summed E-state index contributed by atoms with van der Waals surface area (Å²) >= 11 is 6.09. The average Bonchev–Trinajstić information content (AvgIpc) is 2.69. The smallest absolute Gasteiger partial charge is 0.274 e. The molecule has 0 fully saturated rings.